The Balaban J connectivity index is 1.60. The minimum Gasteiger partial charge on any atom is -0.301 e. The van der Waals surface area contributed by atoms with E-state index in [1.165, 1.54) is 16.2 Å². The highest BCUT2D eigenvalue weighted by atomic mass is 35.5. The molecule has 1 N–H and O–H groups in total. The summed E-state index contributed by atoms with van der Waals surface area (Å²) in [6.07, 6.45) is 0.909. The van der Waals surface area contributed by atoms with Gasteiger partial charge in [-0.2, -0.15) is 5.10 Å². The van der Waals surface area contributed by atoms with E-state index in [1.54, 1.807) is 16.8 Å². The number of thiazole rings is 1. The molecular formula is C19H20ClN5OS. The van der Waals surface area contributed by atoms with Gasteiger partial charge in [0.25, 0.3) is 5.91 Å². The van der Waals surface area contributed by atoms with Crippen LogP contribution in [0, 0.1) is 13.8 Å². The summed E-state index contributed by atoms with van der Waals surface area (Å²) in [7, 11) is 2.09. The summed E-state index contributed by atoms with van der Waals surface area (Å²) in [6, 6.07) is 7.34. The van der Waals surface area contributed by atoms with Crippen LogP contribution in [0.2, 0.25) is 5.02 Å². The second-order valence-corrected chi connectivity index (χ2v) is 8.32. The molecule has 0 fully saturated rings. The third-order valence-corrected chi connectivity index (χ3v) is 5.92. The van der Waals surface area contributed by atoms with E-state index in [-0.39, 0.29) is 5.91 Å². The van der Waals surface area contributed by atoms with Crippen molar-refractivity contribution in [2.24, 2.45) is 0 Å². The van der Waals surface area contributed by atoms with Crippen LogP contribution >= 0.6 is 22.9 Å². The number of carbonyl (C=O) groups is 1. The second-order valence-electron chi connectivity index (χ2n) is 6.83. The largest absolute Gasteiger partial charge is 0.301 e. The van der Waals surface area contributed by atoms with E-state index in [4.69, 9.17) is 11.6 Å². The van der Waals surface area contributed by atoms with Crippen LogP contribution in [0.25, 0.3) is 5.69 Å². The Morgan fingerprint density at radius 2 is 2.11 bits per heavy atom. The van der Waals surface area contributed by atoms with Gasteiger partial charge in [0.2, 0.25) is 0 Å². The van der Waals surface area contributed by atoms with Crippen molar-refractivity contribution in [3.63, 3.8) is 0 Å². The van der Waals surface area contributed by atoms with Gasteiger partial charge in [-0.05, 0) is 45.2 Å². The van der Waals surface area contributed by atoms with Crippen LogP contribution in [0.15, 0.2) is 24.3 Å². The van der Waals surface area contributed by atoms with Gasteiger partial charge in [-0.15, -0.1) is 11.3 Å². The summed E-state index contributed by atoms with van der Waals surface area (Å²) >= 11 is 7.82. The van der Waals surface area contributed by atoms with Gasteiger partial charge in [-0.3, -0.25) is 10.1 Å². The number of fused-ring (bicyclic) bond motifs is 1. The maximum absolute atomic E-state index is 12.8. The summed E-state index contributed by atoms with van der Waals surface area (Å²) < 4.78 is 1.81. The molecule has 0 aliphatic carbocycles. The zero-order chi connectivity index (χ0) is 19.1. The highest BCUT2D eigenvalue weighted by Crippen LogP contribution is 2.29. The van der Waals surface area contributed by atoms with E-state index >= 15 is 0 Å². The Morgan fingerprint density at radius 1 is 1.30 bits per heavy atom. The minimum absolute atomic E-state index is 0.261. The molecule has 1 aliphatic rings. The van der Waals surface area contributed by atoms with Crippen molar-refractivity contribution in [2.75, 3.05) is 18.9 Å². The lowest BCUT2D eigenvalue weighted by atomic mass is 10.2. The Kier molecular flexibility index (Phi) is 4.75. The molecule has 0 bridgehead atoms. The van der Waals surface area contributed by atoms with Crippen LogP contribution in [-0.4, -0.2) is 39.2 Å². The van der Waals surface area contributed by atoms with E-state index in [1.807, 2.05) is 26.0 Å². The molecule has 0 saturated heterocycles. The first-order chi connectivity index (χ1) is 12.9. The number of amides is 1. The second kappa shape index (κ2) is 7.07. The molecule has 27 heavy (non-hydrogen) atoms. The van der Waals surface area contributed by atoms with E-state index in [0.717, 1.165) is 42.3 Å². The van der Waals surface area contributed by atoms with Crippen molar-refractivity contribution in [1.82, 2.24) is 19.7 Å². The monoisotopic (exact) mass is 401 g/mol. The number of anilines is 1. The first kappa shape index (κ1) is 18.2. The van der Waals surface area contributed by atoms with Crippen molar-refractivity contribution in [3.8, 4) is 5.69 Å². The van der Waals surface area contributed by atoms with Gasteiger partial charge < -0.3 is 4.90 Å². The number of hydrogen-bond acceptors (Lipinski definition) is 5. The Hall–Kier alpha value is -2.22. The number of carbonyl (C=O) groups excluding carboxylic acids is 1. The lowest BCUT2D eigenvalue weighted by molar-refractivity contribution is 0.102. The molecule has 0 spiro atoms. The summed E-state index contributed by atoms with van der Waals surface area (Å²) in [5.41, 5.74) is 4.21. The molecule has 2 aromatic heterocycles. The predicted molar refractivity (Wildman–Crippen MR) is 108 cm³/mol. The van der Waals surface area contributed by atoms with Gasteiger partial charge in [-0.25, -0.2) is 9.67 Å². The Morgan fingerprint density at radius 3 is 2.85 bits per heavy atom. The molecule has 1 aromatic carbocycles. The van der Waals surface area contributed by atoms with Crippen LogP contribution in [0.1, 0.15) is 32.3 Å². The highest BCUT2D eigenvalue weighted by molar-refractivity contribution is 7.15. The van der Waals surface area contributed by atoms with Crippen LogP contribution < -0.4 is 5.32 Å². The number of aromatic nitrogens is 3. The molecule has 1 aliphatic heterocycles. The fraction of sp³-hybridized carbons (Fsp3) is 0.316. The van der Waals surface area contributed by atoms with Crippen LogP contribution in [0.4, 0.5) is 5.13 Å². The number of nitrogens with one attached hydrogen (secondary N) is 1. The molecule has 0 radical (unpaired) electrons. The zero-order valence-electron chi connectivity index (χ0n) is 15.4. The molecular weight excluding hydrogens is 382 g/mol. The third-order valence-electron chi connectivity index (χ3n) is 4.59. The summed E-state index contributed by atoms with van der Waals surface area (Å²) in [5, 5.41) is 8.40. The first-order valence-corrected chi connectivity index (χ1v) is 9.92. The lowest BCUT2D eigenvalue weighted by Crippen LogP contribution is -2.25. The molecule has 3 aromatic rings. The molecule has 8 heteroatoms. The number of halogens is 1. The van der Waals surface area contributed by atoms with Gasteiger partial charge in [0.15, 0.2) is 5.13 Å². The molecule has 1 amide bonds. The fourth-order valence-corrected chi connectivity index (χ4v) is 4.54. The quantitative estimate of drug-likeness (QED) is 0.724. The van der Waals surface area contributed by atoms with Crippen molar-refractivity contribution < 1.29 is 4.79 Å². The Bertz CT molecular complexity index is 1030. The van der Waals surface area contributed by atoms with E-state index < -0.39 is 0 Å². The molecule has 0 saturated carbocycles. The minimum atomic E-state index is -0.261. The van der Waals surface area contributed by atoms with E-state index in [0.29, 0.717) is 15.7 Å². The van der Waals surface area contributed by atoms with Gasteiger partial charge in [0, 0.05) is 30.1 Å². The number of likely N-dealkylation sites (N-methyl/N-ethyl adjacent to an activating group) is 1. The number of aryl methyl sites for hydroxylation is 2. The maximum atomic E-state index is 12.8. The van der Waals surface area contributed by atoms with Crippen LogP contribution in [0.5, 0.6) is 0 Å². The van der Waals surface area contributed by atoms with Crippen molar-refractivity contribution in [3.05, 3.63) is 56.8 Å². The van der Waals surface area contributed by atoms with Gasteiger partial charge in [0.05, 0.1) is 27.7 Å². The van der Waals surface area contributed by atoms with Gasteiger partial charge >= 0.3 is 0 Å². The summed E-state index contributed by atoms with van der Waals surface area (Å²) in [5.74, 6) is -0.261. The standard InChI is InChI=1S/C19H20ClN5OS/c1-11-8-12(2)25(23-11)13-4-5-15(20)14(9-13)18(26)22-19-21-16-6-7-24(3)10-17(16)27-19/h4-5,8-9H,6-7,10H2,1-3H3,(H,21,22,26). The molecule has 6 nitrogen and oxygen atoms in total. The smallest absolute Gasteiger partial charge is 0.259 e. The van der Waals surface area contributed by atoms with Crippen molar-refractivity contribution in [2.45, 2.75) is 26.8 Å². The van der Waals surface area contributed by atoms with Crippen molar-refractivity contribution >= 4 is 34.0 Å². The normalized spacial score (nSPS) is 14.2. The van der Waals surface area contributed by atoms with E-state index in [9.17, 15) is 4.79 Å². The number of benzene rings is 1. The van der Waals surface area contributed by atoms with Crippen LogP contribution in [0.3, 0.4) is 0 Å². The fourth-order valence-electron chi connectivity index (χ4n) is 3.25. The summed E-state index contributed by atoms with van der Waals surface area (Å²) in [6.45, 7) is 5.78. The topological polar surface area (TPSA) is 63.1 Å². The van der Waals surface area contributed by atoms with Crippen molar-refractivity contribution in [1.29, 1.82) is 0 Å². The zero-order valence-corrected chi connectivity index (χ0v) is 17.0. The highest BCUT2D eigenvalue weighted by Gasteiger charge is 2.20. The average Bonchev–Trinajstić information content (AvgIpc) is 3.16. The first-order valence-electron chi connectivity index (χ1n) is 8.72. The third kappa shape index (κ3) is 3.63. The number of rotatable bonds is 3. The SMILES string of the molecule is Cc1cc(C)n(-c2ccc(Cl)c(C(=O)Nc3nc4c(s3)CN(C)CC4)c2)n1. The molecule has 0 unspecified atom stereocenters. The van der Waals surface area contributed by atoms with Gasteiger partial charge in [0.1, 0.15) is 0 Å². The average molecular weight is 402 g/mol. The molecule has 0 atom stereocenters. The molecule has 140 valence electrons. The van der Waals surface area contributed by atoms with Crippen LogP contribution in [-0.2, 0) is 13.0 Å². The number of hydrogen-bond donors (Lipinski definition) is 1. The van der Waals surface area contributed by atoms with Gasteiger partial charge in [-0.1, -0.05) is 11.6 Å². The molecule has 3 heterocycles. The Labute approximate surface area is 166 Å². The predicted octanol–water partition coefficient (Wildman–Crippen LogP) is 3.84. The van der Waals surface area contributed by atoms with E-state index in [2.05, 4.69) is 27.3 Å². The number of nitrogens with zero attached hydrogens (tertiary/aromatic N) is 4. The molecule has 4 rings (SSSR count). The maximum Gasteiger partial charge on any atom is 0.259 e. The lowest BCUT2D eigenvalue weighted by Gasteiger charge is -2.20. The summed E-state index contributed by atoms with van der Waals surface area (Å²) in [4.78, 5) is 20.9.